The lowest BCUT2D eigenvalue weighted by molar-refractivity contribution is 0.0958. The van der Waals surface area contributed by atoms with E-state index in [0.29, 0.717) is 46.6 Å². The van der Waals surface area contributed by atoms with E-state index in [9.17, 15) is 9.59 Å². The zero-order valence-electron chi connectivity index (χ0n) is 24.3. The number of amides is 1. The highest BCUT2D eigenvalue weighted by Gasteiger charge is 2.48. The third kappa shape index (κ3) is 4.96. The number of aromatic nitrogens is 2. The number of carbonyl (C=O) groups excluding carboxylic acids is 2. The third-order valence-electron chi connectivity index (χ3n) is 8.10. The Balaban J connectivity index is 1.45. The molecule has 0 atom stereocenters. The van der Waals surface area contributed by atoms with Crippen molar-refractivity contribution < 1.29 is 18.7 Å². The fraction of sp³-hybridized carbons (Fsp3) is 0.257. The van der Waals surface area contributed by atoms with Crippen molar-refractivity contribution in [2.75, 3.05) is 13.7 Å². The molecule has 1 aliphatic carbocycles. The first-order valence-corrected chi connectivity index (χ1v) is 14.3. The first-order chi connectivity index (χ1) is 20.3. The van der Waals surface area contributed by atoms with E-state index in [1.807, 2.05) is 75.4 Å². The Morgan fingerprint density at radius 1 is 0.976 bits per heavy atom. The number of hydrogen-bond donors (Lipinski definition) is 1. The van der Waals surface area contributed by atoms with Gasteiger partial charge in [-0.3, -0.25) is 9.59 Å². The van der Waals surface area contributed by atoms with Gasteiger partial charge in [0, 0.05) is 59.4 Å². The second kappa shape index (κ2) is 10.9. The highest BCUT2D eigenvalue weighted by atomic mass is 16.5. The highest BCUT2D eigenvalue weighted by Crippen LogP contribution is 2.50. The van der Waals surface area contributed by atoms with Gasteiger partial charge in [-0.2, -0.15) is 0 Å². The van der Waals surface area contributed by atoms with Crippen molar-refractivity contribution in [3.05, 3.63) is 101 Å². The summed E-state index contributed by atoms with van der Waals surface area (Å²) in [5.74, 6) is 1.69. The van der Waals surface area contributed by atoms with Gasteiger partial charge in [0.25, 0.3) is 5.91 Å². The third-order valence-corrected chi connectivity index (χ3v) is 8.10. The average molecular weight is 560 g/mol. The van der Waals surface area contributed by atoms with Crippen LogP contribution in [-0.4, -0.2) is 35.3 Å². The van der Waals surface area contributed by atoms with Crippen molar-refractivity contribution in [1.29, 1.82) is 0 Å². The summed E-state index contributed by atoms with van der Waals surface area (Å²) in [6, 6.07) is 19.4. The molecule has 7 heteroatoms. The molecule has 2 heterocycles. The summed E-state index contributed by atoms with van der Waals surface area (Å²) in [5, 5.41) is 3.44. The number of carbonyl (C=O) groups is 2. The van der Waals surface area contributed by atoms with Crippen LogP contribution in [0.3, 0.4) is 0 Å². The Bertz CT molecular complexity index is 1800. The Hall–Kier alpha value is -4.78. The van der Waals surface area contributed by atoms with Gasteiger partial charge >= 0.3 is 0 Å². The second-order valence-corrected chi connectivity index (χ2v) is 11.0. The van der Waals surface area contributed by atoms with Gasteiger partial charge in [0.05, 0.1) is 12.2 Å². The lowest BCUT2D eigenvalue weighted by Gasteiger charge is -2.16. The van der Waals surface area contributed by atoms with E-state index in [4.69, 9.17) is 9.15 Å². The Labute approximate surface area is 245 Å². The molecule has 0 radical (unpaired) electrons. The first kappa shape index (κ1) is 27.4. The van der Waals surface area contributed by atoms with Crippen LogP contribution in [0.5, 0.6) is 5.75 Å². The molecule has 6 rings (SSSR count). The largest absolute Gasteiger partial charge is 0.493 e. The van der Waals surface area contributed by atoms with Crippen LogP contribution in [0.1, 0.15) is 63.9 Å². The van der Waals surface area contributed by atoms with E-state index in [1.165, 1.54) is 0 Å². The van der Waals surface area contributed by atoms with Crippen LogP contribution in [0.2, 0.25) is 0 Å². The van der Waals surface area contributed by atoms with Crippen molar-refractivity contribution in [3.63, 3.8) is 0 Å². The molecule has 3 aromatic carbocycles. The summed E-state index contributed by atoms with van der Waals surface area (Å²) in [7, 11) is 1.61. The maximum atomic E-state index is 13.7. The van der Waals surface area contributed by atoms with Gasteiger partial charge in [0.1, 0.15) is 22.9 Å². The predicted octanol–water partition coefficient (Wildman–Crippen LogP) is 7.24. The maximum Gasteiger partial charge on any atom is 0.255 e. The van der Waals surface area contributed by atoms with Crippen LogP contribution in [0.4, 0.5) is 0 Å². The summed E-state index contributed by atoms with van der Waals surface area (Å²) in [4.78, 5) is 35.8. The summed E-state index contributed by atoms with van der Waals surface area (Å²) in [6.45, 7) is 6.34. The second-order valence-electron chi connectivity index (χ2n) is 11.0. The Morgan fingerprint density at radius 3 is 2.36 bits per heavy atom. The van der Waals surface area contributed by atoms with Crippen LogP contribution in [-0.2, 0) is 5.41 Å². The number of ether oxygens (including phenoxy) is 1. The molecule has 5 aromatic rings. The molecule has 1 aliphatic rings. The molecular formula is C35H33N3O4. The van der Waals surface area contributed by atoms with E-state index >= 15 is 0 Å². The molecule has 1 saturated carbocycles. The Morgan fingerprint density at radius 2 is 1.69 bits per heavy atom. The van der Waals surface area contributed by atoms with Crippen LogP contribution < -0.4 is 10.1 Å². The minimum absolute atomic E-state index is 0.0642. The van der Waals surface area contributed by atoms with Crippen LogP contribution >= 0.6 is 0 Å². The summed E-state index contributed by atoms with van der Waals surface area (Å²) >= 11 is 0. The van der Waals surface area contributed by atoms with Crippen molar-refractivity contribution in [2.45, 2.75) is 45.4 Å². The number of ketones is 1. The molecule has 7 nitrogen and oxygen atoms in total. The van der Waals surface area contributed by atoms with Gasteiger partial charge in [-0.05, 0) is 62.9 Å². The summed E-state index contributed by atoms with van der Waals surface area (Å²) < 4.78 is 12.4. The molecule has 1 N–H and O–H groups in total. The molecule has 0 unspecified atom stereocenters. The molecule has 42 heavy (non-hydrogen) atoms. The fourth-order valence-corrected chi connectivity index (χ4v) is 5.58. The van der Waals surface area contributed by atoms with Gasteiger partial charge in [0.15, 0.2) is 5.78 Å². The van der Waals surface area contributed by atoms with Gasteiger partial charge in [-0.25, -0.2) is 9.97 Å². The van der Waals surface area contributed by atoms with Gasteiger partial charge < -0.3 is 14.5 Å². The monoisotopic (exact) mass is 559 g/mol. The van der Waals surface area contributed by atoms with Crippen LogP contribution in [0.15, 0.2) is 77.5 Å². The molecule has 2 aromatic heterocycles. The fourth-order valence-electron chi connectivity index (χ4n) is 5.58. The number of furan rings is 1. The molecule has 0 aliphatic heterocycles. The normalized spacial score (nSPS) is 13.6. The average Bonchev–Trinajstić information content (AvgIpc) is 3.69. The number of nitrogens with one attached hydrogen (secondary N) is 1. The standard InChI is InChI=1S/C35H33N3O4/c1-5-41-29-19-30-27(31(33(40)36-4)32(42-30)23-10-7-21(2)8-11-23)18-26(29)24-12-9-22(3)25(17-24)28(39)20-35(13-14-35)34-37-15-6-16-38-34/h6-12,15-19H,5,13-14,20H2,1-4H3,(H,36,40). The van der Waals surface area contributed by atoms with Crippen LogP contribution in [0.25, 0.3) is 33.4 Å². The SMILES string of the molecule is CCOc1cc2oc(-c3ccc(C)cc3)c(C(=O)NC)c2cc1-c1ccc(C)c(C(=O)CC2(c3ncccn3)CC2)c1. The number of fused-ring (bicyclic) bond motifs is 1. The van der Waals surface area contributed by atoms with Crippen molar-refractivity contribution in [3.8, 4) is 28.2 Å². The Kier molecular flexibility index (Phi) is 7.11. The molecule has 0 bridgehead atoms. The highest BCUT2D eigenvalue weighted by molar-refractivity contribution is 6.12. The van der Waals surface area contributed by atoms with Crippen LogP contribution in [0, 0.1) is 13.8 Å². The van der Waals surface area contributed by atoms with E-state index in [2.05, 4.69) is 15.3 Å². The number of Topliss-reactive ketones (excluding diaryl/α,β-unsaturated/α-hetero) is 1. The number of hydrogen-bond acceptors (Lipinski definition) is 6. The minimum Gasteiger partial charge on any atom is -0.493 e. The molecule has 212 valence electrons. The number of nitrogens with zero attached hydrogens (tertiary/aromatic N) is 2. The zero-order valence-corrected chi connectivity index (χ0v) is 24.3. The molecule has 1 amide bonds. The maximum absolute atomic E-state index is 13.7. The van der Waals surface area contributed by atoms with Gasteiger partial charge in [0.2, 0.25) is 0 Å². The molecule has 1 fully saturated rings. The van der Waals surface area contributed by atoms with Crippen molar-refractivity contribution >= 4 is 22.7 Å². The topological polar surface area (TPSA) is 94.3 Å². The lowest BCUT2D eigenvalue weighted by Crippen LogP contribution is -2.18. The number of aryl methyl sites for hydroxylation is 2. The summed E-state index contributed by atoms with van der Waals surface area (Å²) in [5.41, 5.74) is 5.84. The quantitative estimate of drug-likeness (QED) is 0.191. The van der Waals surface area contributed by atoms with Crippen molar-refractivity contribution in [2.24, 2.45) is 0 Å². The van der Waals surface area contributed by atoms with E-state index in [0.717, 1.165) is 46.5 Å². The van der Waals surface area contributed by atoms with E-state index < -0.39 is 0 Å². The smallest absolute Gasteiger partial charge is 0.255 e. The number of rotatable bonds is 9. The first-order valence-electron chi connectivity index (χ1n) is 14.3. The molecule has 0 saturated heterocycles. The number of benzene rings is 3. The molecule has 0 spiro atoms. The van der Waals surface area contributed by atoms with Gasteiger partial charge in [-0.1, -0.05) is 42.0 Å². The van der Waals surface area contributed by atoms with Gasteiger partial charge in [-0.15, -0.1) is 0 Å². The molecular weight excluding hydrogens is 526 g/mol. The lowest BCUT2D eigenvalue weighted by atomic mass is 9.90. The predicted molar refractivity (Wildman–Crippen MR) is 163 cm³/mol. The van der Waals surface area contributed by atoms with Crippen molar-refractivity contribution in [1.82, 2.24) is 15.3 Å². The zero-order chi connectivity index (χ0) is 29.4. The van der Waals surface area contributed by atoms with E-state index in [1.54, 1.807) is 25.5 Å². The van der Waals surface area contributed by atoms with E-state index in [-0.39, 0.29) is 17.1 Å². The minimum atomic E-state index is -0.290. The summed E-state index contributed by atoms with van der Waals surface area (Å²) in [6.07, 6.45) is 5.63.